The van der Waals surface area contributed by atoms with Crippen molar-refractivity contribution in [3.8, 4) is 5.75 Å². The number of carbonyl (C=O) groups excluding carboxylic acids is 1. The number of amides is 1. The Labute approximate surface area is 186 Å². The number of nitrogens with zero attached hydrogens (tertiary/aromatic N) is 1. The number of alkyl halides is 3. The predicted molar refractivity (Wildman–Crippen MR) is 115 cm³/mol. The summed E-state index contributed by atoms with van der Waals surface area (Å²) in [5, 5.41) is 0.680. The lowest BCUT2D eigenvalue weighted by molar-refractivity contribution is -0.274. The van der Waals surface area contributed by atoms with E-state index in [0.29, 0.717) is 27.6 Å². The lowest BCUT2D eigenvalue weighted by atomic mass is 9.92. The molecule has 0 saturated heterocycles. The molecule has 1 aliphatic rings. The van der Waals surface area contributed by atoms with Crippen LogP contribution in [-0.4, -0.2) is 43.7 Å². The highest BCUT2D eigenvalue weighted by Gasteiger charge is 2.33. The fourth-order valence-electron chi connectivity index (χ4n) is 4.05. The van der Waals surface area contributed by atoms with Gasteiger partial charge in [0.25, 0.3) is 11.5 Å². The number of rotatable bonds is 3. The molecule has 1 N–H and O–H groups in total. The van der Waals surface area contributed by atoms with Crippen molar-refractivity contribution in [1.82, 2.24) is 9.88 Å². The van der Waals surface area contributed by atoms with E-state index in [1.54, 1.807) is 6.92 Å². The molecule has 1 aromatic heterocycles. The summed E-state index contributed by atoms with van der Waals surface area (Å²) in [5.41, 5.74) is 1.22. The van der Waals surface area contributed by atoms with Gasteiger partial charge < -0.3 is 19.4 Å². The maximum Gasteiger partial charge on any atom is 0.573 e. The molecule has 0 bridgehead atoms. The first-order valence-electron chi connectivity index (χ1n) is 10.0. The number of aromatic amines is 1. The van der Waals surface area contributed by atoms with E-state index in [-0.39, 0.29) is 29.8 Å². The van der Waals surface area contributed by atoms with E-state index in [1.165, 1.54) is 44.1 Å². The third kappa shape index (κ3) is 4.32. The summed E-state index contributed by atoms with van der Waals surface area (Å²) in [6.45, 7) is 1.75. The Hall–Kier alpha value is -3.34. The molecule has 2 aromatic carbocycles. The van der Waals surface area contributed by atoms with Gasteiger partial charge in [0.15, 0.2) is 0 Å². The predicted octanol–water partition coefficient (Wildman–Crippen LogP) is 2.48. The molecule has 0 spiro atoms. The first-order chi connectivity index (χ1) is 15.5. The molecule has 4 rings (SSSR count). The van der Waals surface area contributed by atoms with E-state index in [4.69, 9.17) is 4.74 Å². The molecule has 0 fully saturated rings. The number of carbonyl (C=O) groups is 1. The van der Waals surface area contributed by atoms with Gasteiger partial charge in [0.1, 0.15) is 19.4 Å². The summed E-state index contributed by atoms with van der Waals surface area (Å²) in [6.07, 6.45) is -4.85. The largest absolute Gasteiger partial charge is 0.573 e. The van der Waals surface area contributed by atoms with E-state index in [1.807, 2.05) is 0 Å². The van der Waals surface area contributed by atoms with Crippen LogP contribution in [0.1, 0.15) is 33.2 Å². The molecule has 0 saturated carbocycles. The first-order valence-corrected chi connectivity index (χ1v) is 10.0. The van der Waals surface area contributed by atoms with E-state index in [9.17, 15) is 27.2 Å². The number of benzene rings is 2. The first kappa shape index (κ1) is 22.8. The molecular formula is C22H19BF4N2O4. The lowest BCUT2D eigenvalue weighted by Crippen LogP contribution is -2.38. The van der Waals surface area contributed by atoms with Gasteiger partial charge in [0.2, 0.25) is 0 Å². The fraction of sp³-hybridized carbons (Fsp3) is 0.273. The van der Waals surface area contributed by atoms with Gasteiger partial charge in [-0.05, 0) is 47.6 Å². The summed E-state index contributed by atoms with van der Waals surface area (Å²) in [4.78, 5) is 29.8. The van der Waals surface area contributed by atoms with Gasteiger partial charge in [-0.3, -0.25) is 9.59 Å². The average molecular weight is 462 g/mol. The maximum absolute atomic E-state index is 14.4. The van der Waals surface area contributed by atoms with Gasteiger partial charge in [0, 0.05) is 29.3 Å². The Balaban J connectivity index is 1.74. The smallest absolute Gasteiger partial charge is 0.406 e. The quantitative estimate of drug-likeness (QED) is 0.480. The van der Waals surface area contributed by atoms with Crippen molar-refractivity contribution in [1.29, 1.82) is 0 Å². The number of H-pyrrole nitrogens is 1. The number of fused-ring (bicyclic) bond motifs is 3. The van der Waals surface area contributed by atoms with Crippen LogP contribution >= 0.6 is 0 Å². The third-order valence-corrected chi connectivity index (χ3v) is 5.71. The average Bonchev–Trinajstić information content (AvgIpc) is 2.74. The molecule has 1 aliphatic heterocycles. The highest BCUT2D eigenvalue weighted by Crippen LogP contribution is 2.34. The van der Waals surface area contributed by atoms with Crippen LogP contribution < -0.4 is 15.8 Å². The number of aryl methyl sites for hydroxylation is 1. The Bertz CT molecular complexity index is 1320. The Kier molecular flexibility index (Phi) is 5.69. The Morgan fingerprint density at radius 2 is 1.97 bits per heavy atom. The topological polar surface area (TPSA) is 71.6 Å². The van der Waals surface area contributed by atoms with Crippen LogP contribution in [0.5, 0.6) is 5.75 Å². The molecule has 11 heteroatoms. The van der Waals surface area contributed by atoms with Gasteiger partial charge in [-0.25, -0.2) is 4.39 Å². The minimum Gasteiger partial charge on any atom is -0.406 e. The van der Waals surface area contributed by atoms with Crippen LogP contribution in [0.4, 0.5) is 17.6 Å². The molecule has 172 valence electrons. The molecular weight excluding hydrogens is 443 g/mol. The molecule has 6 nitrogen and oxygen atoms in total. The summed E-state index contributed by atoms with van der Waals surface area (Å²) >= 11 is 0. The summed E-state index contributed by atoms with van der Waals surface area (Å²) in [6, 6.07) is 5.71. The zero-order chi connectivity index (χ0) is 24.1. The minimum atomic E-state index is -4.85. The zero-order valence-electron chi connectivity index (χ0n) is 18.0. The fourth-order valence-corrected chi connectivity index (χ4v) is 4.05. The monoisotopic (exact) mass is 462 g/mol. The molecule has 2 heterocycles. The van der Waals surface area contributed by atoms with Crippen LogP contribution in [0.2, 0.25) is 0 Å². The standard InChI is InChI=1S/C22H19BF4N2O4/c1-10-5-13-12(7-15(10)24)19-16(28-20(13)30)8-32-9-17(19)29(2)21(31)11-3-4-18(14(23)6-11)33-22(25,26)27/h3-7,17H,8-9,23H2,1-2H3,(H,28,30). The van der Waals surface area contributed by atoms with Crippen molar-refractivity contribution in [2.75, 3.05) is 13.7 Å². The van der Waals surface area contributed by atoms with Gasteiger partial charge in [-0.1, -0.05) is 6.07 Å². The normalized spacial score (nSPS) is 15.9. The number of hydrogen-bond acceptors (Lipinski definition) is 4. The van der Waals surface area contributed by atoms with Gasteiger partial charge in [0.05, 0.1) is 19.3 Å². The van der Waals surface area contributed by atoms with Crippen LogP contribution in [0.25, 0.3) is 10.8 Å². The SMILES string of the molecule is Bc1cc(C(=O)N(C)C2COCc3[nH]c(=O)c4cc(C)c(F)cc4c32)ccc1OC(F)(F)F. The van der Waals surface area contributed by atoms with E-state index in [2.05, 4.69) is 9.72 Å². The Morgan fingerprint density at radius 1 is 1.24 bits per heavy atom. The van der Waals surface area contributed by atoms with Crippen molar-refractivity contribution in [2.24, 2.45) is 0 Å². The van der Waals surface area contributed by atoms with E-state index in [0.717, 1.165) is 6.07 Å². The molecule has 3 aromatic rings. The molecule has 1 amide bonds. The highest BCUT2D eigenvalue weighted by atomic mass is 19.4. The van der Waals surface area contributed by atoms with Crippen molar-refractivity contribution < 1.29 is 31.8 Å². The number of nitrogens with one attached hydrogen (secondary N) is 1. The van der Waals surface area contributed by atoms with E-state index >= 15 is 0 Å². The summed E-state index contributed by atoms with van der Waals surface area (Å²) in [7, 11) is 2.92. The molecule has 1 unspecified atom stereocenters. The van der Waals surface area contributed by atoms with Crippen LogP contribution in [0, 0.1) is 12.7 Å². The minimum absolute atomic E-state index is 0.0944. The van der Waals surface area contributed by atoms with Crippen molar-refractivity contribution >= 4 is 30.0 Å². The zero-order valence-corrected chi connectivity index (χ0v) is 18.0. The summed E-state index contributed by atoms with van der Waals surface area (Å²) < 4.78 is 61.5. The number of likely N-dealkylation sites (N-methyl/N-ethyl adjacent to an activating group) is 1. The molecule has 0 radical (unpaired) electrons. The Morgan fingerprint density at radius 3 is 2.64 bits per heavy atom. The summed E-state index contributed by atoms with van der Waals surface area (Å²) in [5.74, 6) is -1.36. The number of aromatic nitrogens is 1. The second kappa shape index (κ2) is 8.22. The van der Waals surface area contributed by atoms with Gasteiger partial charge >= 0.3 is 6.36 Å². The van der Waals surface area contributed by atoms with Crippen LogP contribution in [0.3, 0.4) is 0 Å². The van der Waals surface area contributed by atoms with Gasteiger partial charge in [-0.15, -0.1) is 13.2 Å². The van der Waals surface area contributed by atoms with Crippen LogP contribution in [0.15, 0.2) is 35.1 Å². The van der Waals surface area contributed by atoms with Gasteiger partial charge in [-0.2, -0.15) is 0 Å². The highest BCUT2D eigenvalue weighted by molar-refractivity contribution is 6.34. The van der Waals surface area contributed by atoms with Crippen molar-refractivity contribution in [2.45, 2.75) is 25.9 Å². The number of ether oxygens (including phenoxy) is 2. The molecule has 0 aliphatic carbocycles. The molecule has 1 atom stereocenters. The maximum atomic E-state index is 14.4. The third-order valence-electron chi connectivity index (χ3n) is 5.71. The second-order valence-electron chi connectivity index (χ2n) is 7.97. The van der Waals surface area contributed by atoms with Crippen LogP contribution in [-0.2, 0) is 11.3 Å². The number of hydrogen-bond donors (Lipinski definition) is 1. The van der Waals surface area contributed by atoms with Crippen molar-refractivity contribution in [3.05, 3.63) is 68.9 Å². The number of halogens is 4. The second-order valence-corrected chi connectivity index (χ2v) is 7.97. The lowest BCUT2D eigenvalue weighted by Gasteiger charge is -2.34. The van der Waals surface area contributed by atoms with Crippen molar-refractivity contribution in [3.63, 3.8) is 0 Å². The van der Waals surface area contributed by atoms with E-state index < -0.39 is 29.9 Å². The molecule has 33 heavy (non-hydrogen) atoms. The number of pyridine rings is 1.